The summed E-state index contributed by atoms with van der Waals surface area (Å²) in [4.78, 5) is 25.1. The number of nitrogens with zero attached hydrogens (tertiary/aromatic N) is 2. The molecule has 92 valence electrons. The highest BCUT2D eigenvalue weighted by atomic mass is 16.6. The zero-order valence-corrected chi connectivity index (χ0v) is 9.64. The summed E-state index contributed by atoms with van der Waals surface area (Å²) in [5.41, 5.74) is 0.133. The molecule has 0 saturated heterocycles. The number of hydrogen-bond donors (Lipinski definition) is 2. The minimum Gasteiger partial charge on any atom is -0.370 e. The van der Waals surface area contributed by atoms with Crippen LogP contribution in [0.4, 0.5) is 11.4 Å². The maximum Gasteiger partial charge on any atom is 0.310 e. The molecule has 0 aliphatic heterocycles. The summed E-state index contributed by atoms with van der Waals surface area (Å²) in [5.74, 6) is -0.217. The Balaban J connectivity index is 2.63. The number of anilines is 1. The Hall–Kier alpha value is -2.18. The highest BCUT2D eigenvalue weighted by Gasteiger charge is 2.13. The second-order valence-electron chi connectivity index (χ2n) is 3.73. The molecule has 0 spiro atoms. The lowest BCUT2D eigenvalue weighted by Crippen LogP contribution is -2.34. The van der Waals surface area contributed by atoms with Crippen molar-refractivity contribution in [2.45, 2.75) is 19.9 Å². The van der Waals surface area contributed by atoms with Gasteiger partial charge in [0.1, 0.15) is 11.9 Å². The van der Waals surface area contributed by atoms with Crippen LogP contribution in [0.15, 0.2) is 18.5 Å². The van der Waals surface area contributed by atoms with Gasteiger partial charge in [-0.3, -0.25) is 19.9 Å². The van der Waals surface area contributed by atoms with Crippen molar-refractivity contribution in [1.29, 1.82) is 0 Å². The third kappa shape index (κ3) is 4.06. The third-order valence-corrected chi connectivity index (χ3v) is 1.89. The van der Waals surface area contributed by atoms with E-state index in [-0.39, 0.29) is 29.9 Å². The monoisotopic (exact) mass is 238 g/mol. The van der Waals surface area contributed by atoms with Crippen LogP contribution in [-0.4, -0.2) is 28.4 Å². The number of hydrogen-bond acceptors (Lipinski definition) is 5. The van der Waals surface area contributed by atoms with Gasteiger partial charge in [-0.2, -0.15) is 0 Å². The fourth-order valence-corrected chi connectivity index (χ4v) is 1.23. The Morgan fingerprint density at radius 1 is 1.59 bits per heavy atom. The van der Waals surface area contributed by atoms with Gasteiger partial charge in [-0.1, -0.05) is 0 Å². The number of carbonyl (C=O) groups excluding carboxylic acids is 1. The first-order valence-electron chi connectivity index (χ1n) is 5.12. The normalized spacial score (nSPS) is 10.1. The van der Waals surface area contributed by atoms with Gasteiger partial charge in [0.05, 0.1) is 11.5 Å². The first kappa shape index (κ1) is 12.9. The van der Waals surface area contributed by atoms with Crippen molar-refractivity contribution in [3.8, 4) is 0 Å². The highest BCUT2D eigenvalue weighted by Crippen LogP contribution is 2.21. The highest BCUT2D eigenvalue weighted by molar-refractivity contribution is 5.81. The molecule has 0 aliphatic rings. The van der Waals surface area contributed by atoms with Gasteiger partial charge in [-0.05, 0) is 19.9 Å². The minimum absolute atomic E-state index is 0.0109. The SMILES string of the molecule is CC(C)NC(=O)CNc1ccncc1[N+](=O)[O-]. The van der Waals surface area contributed by atoms with Crippen molar-refractivity contribution in [3.05, 3.63) is 28.6 Å². The zero-order valence-electron chi connectivity index (χ0n) is 9.64. The molecule has 0 unspecified atom stereocenters. The Labute approximate surface area is 98.4 Å². The van der Waals surface area contributed by atoms with E-state index >= 15 is 0 Å². The molecule has 1 aromatic heterocycles. The van der Waals surface area contributed by atoms with Gasteiger partial charge in [0.25, 0.3) is 0 Å². The van der Waals surface area contributed by atoms with Gasteiger partial charge >= 0.3 is 5.69 Å². The number of rotatable bonds is 5. The number of pyridine rings is 1. The van der Waals surface area contributed by atoms with Crippen LogP contribution >= 0.6 is 0 Å². The van der Waals surface area contributed by atoms with Gasteiger partial charge in [0.15, 0.2) is 0 Å². The van der Waals surface area contributed by atoms with Crippen LogP contribution in [0, 0.1) is 10.1 Å². The van der Waals surface area contributed by atoms with E-state index in [0.29, 0.717) is 0 Å². The maximum absolute atomic E-state index is 11.3. The van der Waals surface area contributed by atoms with Crippen molar-refractivity contribution < 1.29 is 9.72 Å². The van der Waals surface area contributed by atoms with E-state index in [9.17, 15) is 14.9 Å². The zero-order chi connectivity index (χ0) is 12.8. The molecule has 2 N–H and O–H groups in total. The van der Waals surface area contributed by atoms with Crippen LogP contribution in [0.1, 0.15) is 13.8 Å². The van der Waals surface area contributed by atoms with E-state index in [1.54, 1.807) is 0 Å². The predicted molar refractivity (Wildman–Crippen MR) is 62.7 cm³/mol. The molecule has 0 saturated carbocycles. The van der Waals surface area contributed by atoms with E-state index in [1.165, 1.54) is 12.3 Å². The Bertz CT molecular complexity index is 420. The molecule has 0 bridgehead atoms. The Kier molecular flexibility index (Phi) is 4.38. The van der Waals surface area contributed by atoms with Gasteiger partial charge in [-0.15, -0.1) is 0 Å². The number of amides is 1. The largest absolute Gasteiger partial charge is 0.370 e. The molecule has 0 fully saturated rings. The summed E-state index contributed by atoms with van der Waals surface area (Å²) in [6.07, 6.45) is 2.57. The van der Waals surface area contributed by atoms with E-state index in [4.69, 9.17) is 0 Å². The average Bonchev–Trinajstić information content (AvgIpc) is 2.25. The first-order valence-corrected chi connectivity index (χ1v) is 5.12. The lowest BCUT2D eigenvalue weighted by atomic mass is 10.3. The van der Waals surface area contributed by atoms with Gasteiger partial charge in [0.2, 0.25) is 5.91 Å². The summed E-state index contributed by atoms with van der Waals surface area (Å²) in [6, 6.07) is 1.50. The van der Waals surface area contributed by atoms with Gasteiger partial charge in [-0.25, -0.2) is 0 Å². The van der Waals surface area contributed by atoms with Crippen molar-refractivity contribution in [3.63, 3.8) is 0 Å². The number of aromatic nitrogens is 1. The minimum atomic E-state index is -0.546. The van der Waals surface area contributed by atoms with E-state index in [2.05, 4.69) is 15.6 Å². The van der Waals surface area contributed by atoms with Crippen molar-refractivity contribution >= 4 is 17.3 Å². The molecule has 7 nitrogen and oxygen atoms in total. The van der Waals surface area contributed by atoms with E-state index < -0.39 is 4.92 Å². The first-order chi connectivity index (χ1) is 8.00. The van der Waals surface area contributed by atoms with Gasteiger partial charge in [0, 0.05) is 12.2 Å². The number of nitrogens with one attached hydrogen (secondary N) is 2. The molecular formula is C10H14N4O3. The molecule has 1 amide bonds. The topological polar surface area (TPSA) is 97.2 Å². The van der Waals surface area contributed by atoms with E-state index in [1.807, 2.05) is 13.8 Å². The Morgan fingerprint density at radius 3 is 2.88 bits per heavy atom. The molecule has 0 radical (unpaired) electrons. The molecule has 0 atom stereocenters. The van der Waals surface area contributed by atoms with Crippen LogP contribution in [-0.2, 0) is 4.79 Å². The second-order valence-corrected chi connectivity index (χ2v) is 3.73. The van der Waals surface area contributed by atoms with Gasteiger partial charge < -0.3 is 10.6 Å². The van der Waals surface area contributed by atoms with Crippen molar-refractivity contribution in [1.82, 2.24) is 10.3 Å². The Morgan fingerprint density at radius 2 is 2.29 bits per heavy atom. The summed E-state index contributed by atoms with van der Waals surface area (Å²) in [7, 11) is 0. The summed E-state index contributed by atoms with van der Waals surface area (Å²) in [6.45, 7) is 3.67. The van der Waals surface area contributed by atoms with E-state index in [0.717, 1.165) is 6.20 Å². The fourth-order valence-electron chi connectivity index (χ4n) is 1.23. The molecule has 1 heterocycles. The second kappa shape index (κ2) is 5.78. The van der Waals surface area contributed by atoms with Crippen LogP contribution in [0.2, 0.25) is 0 Å². The van der Waals surface area contributed by atoms with Crippen molar-refractivity contribution in [2.24, 2.45) is 0 Å². The summed E-state index contributed by atoms with van der Waals surface area (Å²) >= 11 is 0. The smallest absolute Gasteiger partial charge is 0.310 e. The predicted octanol–water partition coefficient (Wildman–Crippen LogP) is 0.926. The molecule has 17 heavy (non-hydrogen) atoms. The van der Waals surface area contributed by atoms with Crippen LogP contribution in [0.25, 0.3) is 0 Å². The molecular weight excluding hydrogens is 224 g/mol. The fraction of sp³-hybridized carbons (Fsp3) is 0.400. The summed E-state index contributed by atoms with van der Waals surface area (Å²) < 4.78 is 0. The third-order valence-electron chi connectivity index (χ3n) is 1.89. The quantitative estimate of drug-likeness (QED) is 0.587. The van der Waals surface area contributed by atoms with Crippen LogP contribution in [0.5, 0.6) is 0 Å². The molecule has 0 aliphatic carbocycles. The lowest BCUT2D eigenvalue weighted by molar-refractivity contribution is -0.384. The molecule has 7 heteroatoms. The summed E-state index contributed by atoms with van der Waals surface area (Å²) in [5, 5.41) is 16.0. The number of nitro groups is 1. The molecule has 1 rings (SSSR count). The molecule has 1 aromatic rings. The standard InChI is InChI=1S/C10H14N4O3/c1-7(2)13-10(15)6-12-8-3-4-11-5-9(8)14(16)17/h3-5,7H,6H2,1-2H3,(H,11,12)(H,13,15). The lowest BCUT2D eigenvalue weighted by Gasteiger charge is -2.09. The maximum atomic E-state index is 11.3. The van der Waals surface area contributed by atoms with Crippen LogP contribution in [0.3, 0.4) is 0 Å². The average molecular weight is 238 g/mol. The van der Waals surface area contributed by atoms with Crippen molar-refractivity contribution in [2.75, 3.05) is 11.9 Å². The number of carbonyl (C=O) groups is 1. The molecule has 0 aromatic carbocycles. The van der Waals surface area contributed by atoms with Crippen LogP contribution < -0.4 is 10.6 Å².